The van der Waals surface area contributed by atoms with Crippen molar-refractivity contribution in [3.05, 3.63) is 24.0 Å². The zero-order valence-corrected chi connectivity index (χ0v) is 11.3. The SMILES string of the molecule is C[C@H](N)c1ccc(N(C)CCOCC2CC2)cn1. The summed E-state index contributed by atoms with van der Waals surface area (Å²) < 4.78 is 5.63. The number of rotatable bonds is 7. The van der Waals surface area contributed by atoms with Crippen LogP contribution in [0.15, 0.2) is 18.3 Å². The molecular weight excluding hydrogens is 226 g/mol. The van der Waals surface area contributed by atoms with E-state index in [9.17, 15) is 0 Å². The molecule has 1 aromatic rings. The monoisotopic (exact) mass is 249 g/mol. The molecule has 18 heavy (non-hydrogen) atoms. The molecule has 1 atom stereocenters. The Kier molecular flexibility index (Phi) is 4.55. The predicted octanol–water partition coefficient (Wildman–Crippen LogP) is 1.96. The van der Waals surface area contributed by atoms with E-state index in [4.69, 9.17) is 10.5 Å². The van der Waals surface area contributed by atoms with Gasteiger partial charge in [-0.2, -0.15) is 0 Å². The fourth-order valence-electron chi connectivity index (χ4n) is 1.76. The van der Waals surface area contributed by atoms with Crippen LogP contribution in [-0.2, 0) is 4.74 Å². The molecule has 0 saturated heterocycles. The average Bonchev–Trinajstić information content (AvgIpc) is 3.18. The number of pyridine rings is 1. The first-order valence-electron chi connectivity index (χ1n) is 6.67. The van der Waals surface area contributed by atoms with Crippen molar-refractivity contribution >= 4 is 5.69 Å². The minimum atomic E-state index is -0.00812. The van der Waals surface area contributed by atoms with Gasteiger partial charge in [0.05, 0.1) is 24.2 Å². The second-order valence-corrected chi connectivity index (χ2v) is 5.17. The molecule has 0 spiro atoms. The molecule has 0 aromatic carbocycles. The van der Waals surface area contributed by atoms with Gasteiger partial charge in [-0.1, -0.05) is 0 Å². The third-order valence-electron chi connectivity index (χ3n) is 3.30. The summed E-state index contributed by atoms with van der Waals surface area (Å²) in [6.07, 6.45) is 4.57. The highest BCUT2D eigenvalue weighted by atomic mass is 16.5. The fourth-order valence-corrected chi connectivity index (χ4v) is 1.76. The molecule has 0 amide bonds. The Hall–Kier alpha value is -1.13. The quantitative estimate of drug-likeness (QED) is 0.751. The van der Waals surface area contributed by atoms with Crippen LogP contribution in [0.25, 0.3) is 0 Å². The van der Waals surface area contributed by atoms with Crippen LogP contribution < -0.4 is 10.6 Å². The van der Waals surface area contributed by atoms with Gasteiger partial charge in [-0.3, -0.25) is 4.98 Å². The van der Waals surface area contributed by atoms with E-state index in [1.165, 1.54) is 12.8 Å². The third-order valence-corrected chi connectivity index (χ3v) is 3.30. The molecule has 4 heteroatoms. The van der Waals surface area contributed by atoms with E-state index in [2.05, 4.69) is 23.0 Å². The second kappa shape index (κ2) is 6.16. The largest absolute Gasteiger partial charge is 0.379 e. The van der Waals surface area contributed by atoms with Crippen LogP contribution in [0.1, 0.15) is 31.5 Å². The van der Waals surface area contributed by atoms with Crippen LogP contribution in [0.2, 0.25) is 0 Å². The molecular formula is C14H23N3O. The summed E-state index contributed by atoms with van der Waals surface area (Å²) in [5.74, 6) is 0.835. The normalized spacial score (nSPS) is 16.6. The highest BCUT2D eigenvalue weighted by Crippen LogP contribution is 2.28. The van der Waals surface area contributed by atoms with Gasteiger partial charge >= 0.3 is 0 Å². The summed E-state index contributed by atoms with van der Waals surface area (Å²) in [5.41, 5.74) is 7.81. The number of ether oxygens (including phenoxy) is 1. The lowest BCUT2D eigenvalue weighted by molar-refractivity contribution is 0.131. The van der Waals surface area contributed by atoms with Gasteiger partial charge in [-0.15, -0.1) is 0 Å². The number of likely N-dealkylation sites (N-methyl/N-ethyl adjacent to an activating group) is 1. The minimum Gasteiger partial charge on any atom is -0.379 e. The van der Waals surface area contributed by atoms with Crippen molar-refractivity contribution in [2.24, 2.45) is 11.7 Å². The molecule has 100 valence electrons. The Morgan fingerprint density at radius 1 is 1.50 bits per heavy atom. The van der Waals surface area contributed by atoms with E-state index >= 15 is 0 Å². The standard InChI is InChI=1S/C14H23N3O/c1-11(15)14-6-5-13(9-16-14)17(2)7-8-18-10-12-3-4-12/h5-6,9,11-12H,3-4,7-8,10,15H2,1-2H3/t11-/m0/s1. The average molecular weight is 249 g/mol. The lowest BCUT2D eigenvalue weighted by Crippen LogP contribution is -2.23. The number of nitrogens with two attached hydrogens (primary N) is 1. The second-order valence-electron chi connectivity index (χ2n) is 5.17. The van der Waals surface area contributed by atoms with Crippen molar-refractivity contribution in [3.63, 3.8) is 0 Å². The molecule has 2 rings (SSSR count). The predicted molar refractivity (Wildman–Crippen MR) is 73.7 cm³/mol. The Morgan fingerprint density at radius 2 is 2.28 bits per heavy atom. The maximum Gasteiger partial charge on any atom is 0.0641 e. The van der Waals surface area contributed by atoms with Crippen molar-refractivity contribution in [2.75, 3.05) is 31.7 Å². The van der Waals surface area contributed by atoms with Crippen molar-refractivity contribution in [3.8, 4) is 0 Å². The lowest BCUT2D eigenvalue weighted by Gasteiger charge is -2.19. The molecule has 1 aromatic heterocycles. The summed E-state index contributed by atoms with van der Waals surface area (Å²) >= 11 is 0. The van der Waals surface area contributed by atoms with Crippen LogP contribution in [0, 0.1) is 5.92 Å². The minimum absolute atomic E-state index is 0.00812. The van der Waals surface area contributed by atoms with E-state index < -0.39 is 0 Å². The van der Waals surface area contributed by atoms with Crippen molar-refractivity contribution in [1.82, 2.24) is 4.98 Å². The Bertz CT molecular complexity index is 360. The molecule has 1 aliphatic carbocycles. The number of hydrogen-bond donors (Lipinski definition) is 1. The molecule has 1 aliphatic rings. The molecule has 2 N–H and O–H groups in total. The highest BCUT2D eigenvalue weighted by molar-refractivity contribution is 5.43. The Labute approximate surface area is 109 Å². The summed E-state index contributed by atoms with van der Waals surface area (Å²) in [6, 6.07) is 4.04. The summed E-state index contributed by atoms with van der Waals surface area (Å²) in [4.78, 5) is 6.52. The van der Waals surface area contributed by atoms with Gasteiger partial charge in [-0.25, -0.2) is 0 Å². The number of nitrogens with zero attached hydrogens (tertiary/aromatic N) is 2. The van der Waals surface area contributed by atoms with E-state index in [0.717, 1.165) is 37.1 Å². The van der Waals surface area contributed by atoms with Crippen molar-refractivity contribution in [2.45, 2.75) is 25.8 Å². The molecule has 0 aliphatic heterocycles. The van der Waals surface area contributed by atoms with Gasteiger partial charge in [0.15, 0.2) is 0 Å². The van der Waals surface area contributed by atoms with Crippen molar-refractivity contribution < 1.29 is 4.74 Å². The molecule has 0 bridgehead atoms. The summed E-state index contributed by atoms with van der Waals surface area (Å²) in [6.45, 7) is 4.54. The lowest BCUT2D eigenvalue weighted by atomic mass is 10.2. The molecule has 0 unspecified atom stereocenters. The summed E-state index contributed by atoms with van der Waals surface area (Å²) in [5, 5.41) is 0. The van der Waals surface area contributed by atoms with Crippen LogP contribution in [-0.4, -0.2) is 31.8 Å². The van der Waals surface area contributed by atoms with Crippen LogP contribution >= 0.6 is 0 Å². The fraction of sp³-hybridized carbons (Fsp3) is 0.643. The maximum absolute atomic E-state index is 5.78. The number of hydrogen-bond acceptors (Lipinski definition) is 4. The van der Waals surface area contributed by atoms with E-state index in [0.29, 0.717) is 0 Å². The summed E-state index contributed by atoms with van der Waals surface area (Å²) in [7, 11) is 2.06. The molecule has 4 nitrogen and oxygen atoms in total. The van der Waals surface area contributed by atoms with Gasteiger partial charge < -0.3 is 15.4 Å². The first kappa shape index (κ1) is 13.3. The van der Waals surface area contributed by atoms with E-state index in [1.54, 1.807) is 0 Å². The van der Waals surface area contributed by atoms with Gasteiger partial charge in [-0.05, 0) is 37.8 Å². The van der Waals surface area contributed by atoms with E-state index in [-0.39, 0.29) is 6.04 Å². The van der Waals surface area contributed by atoms with E-state index in [1.807, 2.05) is 19.2 Å². The topological polar surface area (TPSA) is 51.4 Å². The van der Waals surface area contributed by atoms with Gasteiger partial charge in [0.1, 0.15) is 0 Å². The zero-order valence-electron chi connectivity index (χ0n) is 11.3. The molecule has 1 saturated carbocycles. The maximum atomic E-state index is 5.78. The number of anilines is 1. The van der Waals surface area contributed by atoms with Gasteiger partial charge in [0.25, 0.3) is 0 Å². The molecule has 1 heterocycles. The van der Waals surface area contributed by atoms with Crippen LogP contribution in [0.3, 0.4) is 0 Å². The zero-order chi connectivity index (χ0) is 13.0. The highest BCUT2D eigenvalue weighted by Gasteiger charge is 2.20. The molecule has 1 fully saturated rings. The van der Waals surface area contributed by atoms with Gasteiger partial charge in [0.2, 0.25) is 0 Å². The van der Waals surface area contributed by atoms with Crippen LogP contribution in [0.5, 0.6) is 0 Å². The Balaban J connectivity index is 1.74. The number of aromatic nitrogens is 1. The van der Waals surface area contributed by atoms with Gasteiger partial charge in [0, 0.05) is 26.2 Å². The van der Waals surface area contributed by atoms with Crippen LogP contribution in [0.4, 0.5) is 5.69 Å². The first-order chi connectivity index (χ1) is 8.66. The smallest absolute Gasteiger partial charge is 0.0641 e. The molecule has 0 radical (unpaired) electrons. The Morgan fingerprint density at radius 3 is 2.83 bits per heavy atom. The van der Waals surface area contributed by atoms with Crippen molar-refractivity contribution in [1.29, 1.82) is 0 Å². The third kappa shape index (κ3) is 3.96. The first-order valence-corrected chi connectivity index (χ1v) is 6.67.